The van der Waals surface area contributed by atoms with Crippen LogP contribution in [0, 0.1) is 0 Å². The molecule has 0 radical (unpaired) electrons. The first-order chi connectivity index (χ1) is 12.6. The van der Waals surface area contributed by atoms with Gasteiger partial charge in [-0.2, -0.15) is 0 Å². The van der Waals surface area contributed by atoms with E-state index in [0.29, 0.717) is 19.7 Å². The molecule has 0 saturated heterocycles. The summed E-state index contributed by atoms with van der Waals surface area (Å²) >= 11 is 0.0770. The van der Waals surface area contributed by atoms with Crippen LogP contribution in [0.2, 0.25) is 0 Å². The van der Waals surface area contributed by atoms with Gasteiger partial charge in [0.15, 0.2) is 0 Å². The van der Waals surface area contributed by atoms with E-state index in [2.05, 4.69) is 10.1 Å². The summed E-state index contributed by atoms with van der Waals surface area (Å²) < 4.78 is 2.79. The van der Waals surface area contributed by atoms with Crippen LogP contribution in [-0.2, 0) is 0 Å². The van der Waals surface area contributed by atoms with Gasteiger partial charge in [0, 0.05) is 0 Å². The van der Waals surface area contributed by atoms with Crippen molar-refractivity contribution in [3.8, 4) is 5.69 Å². The van der Waals surface area contributed by atoms with Gasteiger partial charge < -0.3 is 0 Å². The number of aromatic carboxylic acids is 1. The number of rotatable bonds is 5. The summed E-state index contributed by atoms with van der Waals surface area (Å²) in [7, 11) is 0. The fourth-order valence-electron chi connectivity index (χ4n) is 2.50. The zero-order valence-electron chi connectivity index (χ0n) is 13.3. The molecule has 0 spiro atoms. The topological polar surface area (TPSA) is 85.1 Å². The van der Waals surface area contributed by atoms with Crippen LogP contribution < -0.4 is 3.80 Å². The Kier molecular flexibility index (Phi) is 4.40. The SMILES string of the molecule is O=C([AsH]c1nc2c(s1)c(C(=O)O)nn2-c1ccccc1)c1ccccc1. The van der Waals surface area contributed by atoms with Gasteiger partial charge in [-0.15, -0.1) is 0 Å². The fourth-order valence-corrected chi connectivity index (χ4v) is 6.17. The molecule has 26 heavy (non-hydrogen) atoms. The number of nitrogens with zero attached hydrogens (tertiary/aromatic N) is 3. The van der Waals surface area contributed by atoms with Crippen molar-refractivity contribution >= 4 is 51.8 Å². The third-order valence-corrected chi connectivity index (χ3v) is 7.49. The van der Waals surface area contributed by atoms with Crippen LogP contribution in [0.3, 0.4) is 0 Å². The Morgan fingerprint density at radius 2 is 1.65 bits per heavy atom. The van der Waals surface area contributed by atoms with Crippen LogP contribution in [-0.4, -0.2) is 46.2 Å². The summed E-state index contributed by atoms with van der Waals surface area (Å²) in [5, 5.41) is 13.7. The van der Waals surface area contributed by atoms with Crippen LogP contribution in [0.1, 0.15) is 20.8 Å². The Bertz CT molecular complexity index is 1110. The number of hydrogen-bond acceptors (Lipinski definition) is 5. The second-order valence-corrected chi connectivity index (χ2v) is 9.62. The number of fused-ring (bicyclic) bond motifs is 1. The van der Waals surface area contributed by atoms with Gasteiger partial charge in [0.1, 0.15) is 0 Å². The van der Waals surface area contributed by atoms with Gasteiger partial charge in [-0.3, -0.25) is 0 Å². The summed E-state index contributed by atoms with van der Waals surface area (Å²) in [5.41, 5.74) is 1.84. The zero-order valence-corrected chi connectivity index (χ0v) is 16.2. The number of carboxylic acids is 1. The molecule has 1 atom stereocenters. The van der Waals surface area contributed by atoms with Crippen molar-refractivity contribution in [1.82, 2.24) is 14.8 Å². The molecule has 2 heterocycles. The van der Waals surface area contributed by atoms with Crippen molar-refractivity contribution in [2.24, 2.45) is 0 Å². The van der Waals surface area contributed by atoms with Crippen molar-refractivity contribution in [1.29, 1.82) is 0 Å². The standard InChI is InChI=1S/C18H12AsN3O3S/c23-15(11-7-3-1-4-8-11)19-18-20-16-14(26-18)13(17(24)25)21-22(16)12-9-5-2-6-10-12/h1-10,19H,(H,24,25). The second-order valence-electron chi connectivity index (χ2n) is 5.39. The molecule has 0 amide bonds. The van der Waals surface area contributed by atoms with Gasteiger partial charge in [0.25, 0.3) is 0 Å². The minimum absolute atomic E-state index is 0.0358. The fraction of sp³-hybridized carbons (Fsp3) is 0. The van der Waals surface area contributed by atoms with Crippen LogP contribution in [0.5, 0.6) is 0 Å². The third kappa shape index (κ3) is 3.07. The number of carbonyl (C=O) groups excluding carboxylic acids is 1. The summed E-state index contributed by atoms with van der Waals surface area (Å²) in [6.07, 6.45) is 0. The number of benzene rings is 2. The summed E-state index contributed by atoms with van der Waals surface area (Å²) in [6.45, 7) is 0. The van der Waals surface area contributed by atoms with E-state index in [-0.39, 0.29) is 10.3 Å². The minimum atomic E-state index is -1.17. The Morgan fingerprint density at radius 1 is 1.00 bits per heavy atom. The van der Waals surface area contributed by atoms with E-state index in [1.807, 2.05) is 48.5 Å². The second kappa shape index (κ2) is 6.86. The molecule has 0 bridgehead atoms. The average Bonchev–Trinajstić information content (AvgIpc) is 3.21. The van der Waals surface area contributed by atoms with E-state index in [1.165, 1.54) is 16.0 Å². The van der Waals surface area contributed by atoms with Gasteiger partial charge >= 0.3 is 159 Å². The van der Waals surface area contributed by atoms with Gasteiger partial charge in [0.2, 0.25) is 0 Å². The van der Waals surface area contributed by atoms with Crippen LogP contribution in [0.15, 0.2) is 60.7 Å². The maximum atomic E-state index is 12.5. The average molecular weight is 425 g/mol. The number of carbonyl (C=O) groups is 2. The molecule has 1 N–H and O–H groups in total. The normalized spacial score (nSPS) is 11.4. The van der Waals surface area contributed by atoms with Crippen molar-refractivity contribution in [3.05, 3.63) is 71.9 Å². The molecule has 0 aliphatic heterocycles. The molecule has 4 rings (SSSR count). The van der Waals surface area contributed by atoms with Crippen molar-refractivity contribution in [2.45, 2.75) is 0 Å². The van der Waals surface area contributed by atoms with E-state index in [0.717, 1.165) is 5.69 Å². The monoisotopic (exact) mass is 425 g/mol. The van der Waals surface area contributed by atoms with Gasteiger partial charge in [-0.25, -0.2) is 0 Å². The van der Waals surface area contributed by atoms with Crippen LogP contribution in [0.4, 0.5) is 0 Å². The van der Waals surface area contributed by atoms with Crippen molar-refractivity contribution < 1.29 is 14.7 Å². The predicted octanol–water partition coefficient (Wildman–Crippen LogP) is 2.08. The molecule has 6 nitrogen and oxygen atoms in total. The first-order valence-corrected chi connectivity index (χ1v) is 10.6. The molecule has 2 aromatic carbocycles. The molecule has 4 aromatic rings. The number of hydrogen-bond donors (Lipinski definition) is 1. The molecule has 0 fully saturated rings. The first kappa shape index (κ1) is 16.7. The predicted molar refractivity (Wildman–Crippen MR) is 101 cm³/mol. The van der Waals surface area contributed by atoms with E-state index >= 15 is 0 Å². The molecule has 8 heteroatoms. The molecular formula is C18H12AsN3O3S. The molecule has 0 aliphatic rings. The number of carboxylic acid groups (broad SMARTS) is 1. The van der Waals surface area contributed by atoms with E-state index < -0.39 is 21.7 Å². The number of para-hydroxylation sites is 1. The molecule has 0 saturated carbocycles. The Morgan fingerprint density at radius 3 is 2.31 bits per heavy atom. The Balaban J connectivity index is 1.77. The van der Waals surface area contributed by atoms with Crippen LogP contribution >= 0.6 is 11.3 Å². The van der Waals surface area contributed by atoms with E-state index in [1.54, 1.807) is 12.1 Å². The first-order valence-electron chi connectivity index (χ1n) is 7.68. The Labute approximate surface area is 158 Å². The molecule has 0 aliphatic carbocycles. The summed E-state index contributed by atoms with van der Waals surface area (Å²) in [6, 6.07) is 18.3. The molecule has 2 aromatic heterocycles. The van der Waals surface area contributed by atoms with Crippen molar-refractivity contribution in [3.63, 3.8) is 0 Å². The number of thiazole rings is 1. The molecule has 1 unspecified atom stereocenters. The zero-order chi connectivity index (χ0) is 18.1. The van der Waals surface area contributed by atoms with Gasteiger partial charge in [-0.05, 0) is 0 Å². The summed E-state index contributed by atoms with van der Waals surface area (Å²) in [4.78, 5) is 28.6. The molecular weight excluding hydrogens is 413 g/mol. The Hall–Kier alpha value is -2.76. The van der Waals surface area contributed by atoms with Gasteiger partial charge in [0.05, 0.1) is 0 Å². The van der Waals surface area contributed by atoms with Gasteiger partial charge in [-0.1, -0.05) is 0 Å². The van der Waals surface area contributed by atoms with Crippen LogP contribution in [0.25, 0.3) is 16.0 Å². The number of aromatic nitrogens is 3. The third-order valence-electron chi connectivity index (χ3n) is 3.68. The maximum absolute atomic E-state index is 12.5. The molecule has 128 valence electrons. The quantitative estimate of drug-likeness (QED) is 0.495. The van der Waals surface area contributed by atoms with E-state index in [4.69, 9.17) is 0 Å². The summed E-state index contributed by atoms with van der Waals surface area (Å²) in [5.74, 6) is -1.10. The van der Waals surface area contributed by atoms with Crippen molar-refractivity contribution in [2.75, 3.05) is 0 Å². The van der Waals surface area contributed by atoms with E-state index in [9.17, 15) is 14.7 Å².